The van der Waals surface area contributed by atoms with Crippen LogP contribution in [-0.2, 0) is 19.6 Å². The number of hydrogen-bond donors (Lipinski definition) is 0. The molecule has 28 heavy (non-hydrogen) atoms. The number of benzene rings is 1. The van der Waals surface area contributed by atoms with Crippen molar-refractivity contribution in [3.8, 4) is 11.5 Å². The van der Waals surface area contributed by atoms with Gasteiger partial charge in [-0.3, -0.25) is 4.79 Å². The maximum atomic E-state index is 13.0. The third-order valence-corrected chi connectivity index (χ3v) is 7.40. The summed E-state index contributed by atoms with van der Waals surface area (Å²) in [7, 11) is -3.63. The molecule has 154 valence electrons. The lowest BCUT2D eigenvalue weighted by atomic mass is 9.96. The van der Waals surface area contributed by atoms with E-state index in [-0.39, 0.29) is 22.8 Å². The molecular formula is C19H26N2O6S. The van der Waals surface area contributed by atoms with Crippen LogP contribution in [0.1, 0.15) is 19.8 Å². The summed E-state index contributed by atoms with van der Waals surface area (Å²) in [6, 6.07) is 4.71. The van der Waals surface area contributed by atoms with E-state index in [1.165, 1.54) is 10.4 Å². The minimum absolute atomic E-state index is 0.0494. The highest BCUT2D eigenvalue weighted by molar-refractivity contribution is 7.89. The van der Waals surface area contributed by atoms with Crippen LogP contribution in [0.3, 0.4) is 0 Å². The molecule has 2 fully saturated rings. The molecule has 9 heteroatoms. The Bertz CT molecular complexity index is 835. The first-order valence-electron chi connectivity index (χ1n) is 9.75. The van der Waals surface area contributed by atoms with Crippen LogP contribution in [0, 0.1) is 5.92 Å². The molecule has 3 aliphatic rings. The molecule has 4 rings (SSSR count). The quantitative estimate of drug-likeness (QED) is 0.742. The second-order valence-corrected chi connectivity index (χ2v) is 9.39. The molecule has 0 aliphatic carbocycles. The van der Waals surface area contributed by atoms with Crippen molar-refractivity contribution < 1.29 is 27.4 Å². The highest BCUT2D eigenvalue weighted by atomic mass is 32.2. The summed E-state index contributed by atoms with van der Waals surface area (Å²) < 4.78 is 43.9. The van der Waals surface area contributed by atoms with E-state index in [2.05, 4.69) is 0 Å². The number of carbonyl (C=O) groups excluding carboxylic acids is 1. The first kappa shape index (κ1) is 19.5. The fraction of sp³-hybridized carbons (Fsp3) is 0.632. The number of piperidine rings is 1. The molecule has 0 saturated carbocycles. The molecule has 8 nitrogen and oxygen atoms in total. The number of morpholine rings is 1. The van der Waals surface area contributed by atoms with Crippen LogP contribution in [0.4, 0.5) is 0 Å². The second kappa shape index (κ2) is 7.88. The van der Waals surface area contributed by atoms with Crippen molar-refractivity contribution in [1.82, 2.24) is 9.21 Å². The van der Waals surface area contributed by atoms with Gasteiger partial charge in [0.25, 0.3) is 0 Å². The summed E-state index contributed by atoms with van der Waals surface area (Å²) in [6.45, 7) is 5.28. The number of fused-ring (bicyclic) bond motifs is 1. The molecule has 0 spiro atoms. The van der Waals surface area contributed by atoms with Crippen LogP contribution >= 0.6 is 0 Å². The minimum atomic E-state index is -3.63. The molecule has 2 saturated heterocycles. The number of amides is 1. The zero-order chi connectivity index (χ0) is 19.7. The van der Waals surface area contributed by atoms with Gasteiger partial charge in [0.15, 0.2) is 11.5 Å². The predicted molar refractivity (Wildman–Crippen MR) is 101 cm³/mol. The molecular weight excluding hydrogens is 384 g/mol. The summed E-state index contributed by atoms with van der Waals surface area (Å²) in [5.74, 6) is 1.01. The minimum Gasteiger partial charge on any atom is -0.486 e. The molecule has 1 unspecified atom stereocenters. The van der Waals surface area contributed by atoms with Gasteiger partial charge in [-0.25, -0.2) is 8.42 Å². The van der Waals surface area contributed by atoms with Gasteiger partial charge in [-0.15, -0.1) is 0 Å². The molecule has 1 amide bonds. The highest BCUT2D eigenvalue weighted by Crippen LogP contribution is 2.34. The summed E-state index contributed by atoms with van der Waals surface area (Å²) >= 11 is 0. The number of sulfonamides is 1. The largest absolute Gasteiger partial charge is 0.486 e. The molecule has 1 atom stereocenters. The first-order chi connectivity index (χ1) is 13.4. The van der Waals surface area contributed by atoms with E-state index in [1.807, 2.05) is 11.8 Å². The molecule has 1 aromatic carbocycles. The van der Waals surface area contributed by atoms with E-state index in [9.17, 15) is 13.2 Å². The lowest BCUT2D eigenvalue weighted by molar-refractivity contribution is -0.143. The fourth-order valence-electron chi connectivity index (χ4n) is 3.95. The Hall–Kier alpha value is -1.84. The third kappa shape index (κ3) is 3.83. The van der Waals surface area contributed by atoms with Gasteiger partial charge in [-0.2, -0.15) is 4.31 Å². The Balaban J connectivity index is 1.41. The Morgan fingerprint density at radius 2 is 1.75 bits per heavy atom. The van der Waals surface area contributed by atoms with Crippen molar-refractivity contribution in [2.75, 3.05) is 46.0 Å². The molecule has 3 heterocycles. The molecule has 1 aromatic rings. The standard InChI is InChI=1S/C19H26N2O6S/c1-14-13-20(8-9-25-14)19(22)15-4-6-21(7-5-15)28(23,24)16-2-3-17-18(12-16)27-11-10-26-17/h2-3,12,14-15H,4-11,13H2,1H3. The van der Waals surface area contributed by atoms with Crippen molar-refractivity contribution in [3.63, 3.8) is 0 Å². The summed E-state index contributed by atoms with van der Waals surface area (Å²) in [6.07, 6.45) is 1.12. The van der Waals surface area contributed by atoms with E-state index in [0.717, 1.165) is 0 Å². The van der Waals surface area contributed by atoms with Crippen molar-refractivity contribution in [2.45, 2.75) is 30.8 Å². The van der Waals surface area contributed by atoms with E-state index < -0.39 is 10.0 Å². The van der Waals surface area contributed by atoms with Crippen LogP contribution < -0.4 is 9.47 Å². The lowest BCUT2D eigenvalue weighted by Crippen LogP contribution is -2.49. The number of carbonyl (C=O) groups is 1. The van der Waals surface area contributed by atoms with Crippen LogP contribution in [-0.4, -0.2) is 75.6 Å². The first-order valence-corrected chi connectivity index (χ1v) is 11.2. The zero-order valence-corrected chi connectivity index (χ0v) is 16.8. The number of rotatable bonds is 3. The van der Waals surface area contributed by atoms with E-state index in [1.54, 1.807) is 12.1 Å². The van der Waals surface area contributed by atoms with Crippen molar-refractivity contribution >= 4 is 15.9 Å². The summed E-state index contributed by atoms with van der Waals surface area (Å²) in [5.41, 5.74) is 0. The maximum Gasteiger partial charge on any atom is 0.243 e. The van der Waals surface area contributed by atoms with Crippen molar-refractivity contribution in [1.29, 1.82) is 0 Å². The van der Waals surface area contributed by atoms with Gasteiger partial charge in [-0.1, -0.05) is 0 Å². The van der Waals surface area contributed by atoms with Gasteiger partial charge in [0, 0.05) is 38.2 Å². The number of ether oxygens (including phenoxy) is 3. The van der Waals surface area contributed by atoms with Gasteiger partial charge < -0.3 is 19.1 Å². The van der Waals surface area contributed by atoms with Crippen molar-refractivity contribution in [3.05, 3.63) is 18.2 Å². The number of hydrogen-bond acceptors (Lipinski definition) is 6. The predicted octanol–water partition coefficient (Wildman–Crippen LogP) is 1.11. The van der Waals surface area contributed by atoms with Crippen molar-refractivity contribution in [2.24, 2.45) is 5.92 Å². The smallest absolute Gasteiger partial charge is 0.243 e. The van der Waals surface area contributed by atoms with Crippen LogP contribution in [0.15, 0.2) is 23.1 Å². The second-order valence-electron chi connectivity index (χ2n) is 7.45. The van der Waals surface area contributed by atoms with Crippen LogP contribution in [0.25, 0.3) is 0 Å². The normalized spacial score (nSPS) is 24.2. The molecule has 0 bridgehead atoms. The third-order valence-electron chi connectivity index (χ3n) is 5.51. The van der Waals surface area contributed by atoms with Gasteiger partial charge in [0.1, 0.15) is 13.2 Å². The summed E-state index contributed by atoms with van der Waals surface area (Å²) in [4.78, 5) is 14.8. The lowest BCUT2D eigenvalue weighted by Gasteiger charge is -2.36. The molecule has 0 aromatic heterocycles. The Labute approximate surface area is 165 Å². The highest BCUT2D eigenvalue weighted by Gasteiger charge is 2.35. The Morgan fingerprint density at radius 1 is 1.04 bits per heavy atom. The monoisotopic (exact) mass is 410 g/mol. The topological polar surface area (TPSA) is 85.4 Å². The van der Waals surface area contributed by atoms with Gasteiger partial charge in [0.2, 0.25) is 15.9 Å². The van der Waals surface area contributed by atoms with Gasteiger partial charge in [0.05, 0.1) is 17.6 Å². The fourth-order valence-corrected chi connectivity index (χ4v) is 5.44. The molecule has 0 N–H and O–H groups in total. The van der Waals surface area contributed by atoms with Gasteiger partial charge >= 0.3 is 0 Å². The van der Waals surface area contributed by atoms with E-state index >= 15 is 0 Å². The SMILES string of the molecule is CC1CN(C(=O)C2CCN(S(=O)(=O)c3ccc4c(c3)OCCO4)CC2)CCO1. The maximum absolute atomic E-state index is 13.0. The van der Waals surface area contributed by atoms with E-state index in [4.69, 9.17) is 14.2 Å². The average molecular weight is 410 g/mol. The van der Waals surface area contributed by atoms with Crippen LogP contribution in [0.2, 0.25) is 0 Å². The Morgan fingerprint density at radius 3 is 2.46 bits per heavy atom. The zero-order valence-electron chi connectivity index (χ0n) is 16.0. The van der Waals surface area contributed by atoms with Crippen LogP contribution in [0.5, 0.6) is 11.5 Å². The molecule has 0 radical (unpaired) electrons. The number of nitrogens with zero attached hydrogens (tertiary/aromatic N) is 2. The molecule has 3 aliphatic heterocycles. The Kier molecular flexibility index (Phi) is 5.48. The van der Waals surface area contributed by atoms with Gasteiger partial charge in [-0.05, 0) is 31.9 Å². The average Bonchev–Trinajstić information content (AvgIpc) is 2.73. The van der Waals surface area contributed by atoms with E-state index in [0.29, 0.717) is 70.3 Å². The summed E-state index contributed by atoms with van der Waals surface area (Å²) in [5, 5.41) is 0.